The molecule has 0 radical (unpaired) electrons. The molecular weight excluding hydrogens is 805 g/mol. The summed E-state index contributed by atoms with van der Waals surface area (Å²) in [6.45, 7) is 8.97. The van der Waals surface area contributed by atoms with E-state index in [0.717, 1.165) is 112 Å². The second-order valence-corrected chi connectivity index (χ2v) is 18.5. The summed E-state index contributed by atoms with van der Waals surface area (Å²) in [4.78, 5) is 60.2. The number of fused-ring (bicyclic) bond motifs is 4. The quantitative estimate of drug-likeness (QED) is 0.0821. The predicted molar refractivity (Wildman–Crippen MR) is 247 cm³/mol. The lowest BCUT2D eigenvalue weighted by Gasteiger charge is -2.30. The lowest BCUT2D eigenvalue weighted by atomic mass is 9.89. The molecule has 3 amide bonds. The lowest BCUT2D eigenvalue weighted by molar-refractivity contribution is -0.137. The van der Waals surface area contributed by atoms with Gasteiger partial charge in [-0.25, -0.2) is 14.8 Å². The van der Waals surface area contributed by atoms with Gasteiger partial charge in [0.2, 0.25) is 5.91 Å². The van der Waals surface area contributed by atoms with E-state index < -0.39 is 23.6 Å². The van der Waals surface area contributed by atoms with Gasteiger partial charge < -0.3 is 35.3 Å². The minimum absolute atomic E-state index is 0.0782. The standard InChI is InChI=1S/C51H58N8O5/c1-30(2)44(57-50(62)64-5)48(60)59-24-10-14-43(59)47-53-39-22-20-36-26-35(19-21-38(36)45(39)56-47)32-15-16-34-27-37(18-17-33(34)25-32)40-28-52-46(54-40)42-13-9-23-58(42)29-41(31-11-7-6-8-12-31)55-49(61)51(3,4)63/h6-8,11-12,15-19,21,25-28,30,41-44,63H,9-10,13-14,20,22-24,29H2,1-5H3,(H,52,54)(H,53,56)(H,55,61)(H,57,62). The molecular formula is C51H58N8O5. The number of rotatable bonds is 12. The van der Waals surface area contributed by atoms with E-state index in [9.17, 15) is 19.5 Å². The molecule has 2 fully saturated rings. The van der Waals surface area contributed by atoms with Crippen molar-refractivity contribution in [1.82, 2.24) is 40.4 Å². The molecule has 4 aromatic carbocycles. The van der Waals surface area contributed by atoms with Gasteiger partial charge in [0.15, 0.2) is 0 Å². The number of benzene rings is 4. The molecule has 4 atom stereocenters. The van der Waals surface area contributed by atoms with Gasteiger partial charge in [0.05, 0.1) is 42.8 Å². The number of H-pyrrole nitrogens is 2. The number of carbonyl (C=O) groups excluding carboxylic acids is 3. The zero-order valence-electron chi connectivity index (χ0n) is 37.3. The maximum Gasteiger partial charge on any atom is 0.407 e. The van der Waals surface area contributed by atoms with Crippen LogP contribution in [-0.2, 0) is 27.2 Å². The Bertz CT molecular complexity index is 2680. The average molecular weight is 863 g/mol. The number of likely N-dealkylation sites (tertiary alicyclic amines) is 2. The highest BCUT2D eigenvalue weighted by atomic mass is 16.5. The summed E-state index contributed by atoms with van der Waals surface area (Å²) in [5, 5.41) is 18.5. The Morgan fingerprint density at radius 3 is 2.30 bits per heavy atom. The van der Waals surface area contributed by atoms with Crippen LogP contribution in [0, 0.1) is 5.92 Å². The molecule has 64 heavy (non-hydrogen) atoms. The number of methoxy groups -OCH3 is 1. The van der Waals surface area contributed by atoms with Crippen molar-refractivity contribution in [1.29, 1.82) is 0 Å². The van der Waals surface area contributed by atoms with E-state index >= 15 is 0 Å². The minimum atomic E-state index is -1.48. The van der Waals surface area contributed by atoms with Crippen LogP contribution < -0.4 is 10.6 Å². The van der Waals surface area contributed by atoms with Crippen molar-refractivity contribution < 1.29 is 24.2 Å². The van der Waals surface area contributed by atoms with Crippen molar-refractivity contribution in [2.24, 2.45) is 5.92 Å². The van der Waals surface area contributed by atoms with Gasteiger partial charge in [0, 0.05) is 29.9 Å². The van der Waals surface area contributed by atoms with Crippen LogP contribution in [0.15, 0.2) is 91.1 Å². The van der Waals surface area contributed by atoms with Crippen LogP contribution in [0.3, 0.4) is 0 Å². The molecule has 1 aliphatic carbocycles. The smallest absolute Gasteiger partial charge is 0.407 e. The third-order valence-electron chi connectivity index (χ3n) is 13.3. The Labute approximate surface area is 374 Å². The molecule has 4 heterocycles. The van der Waals surface area contributed by atoms with E-state index in [1.807, 2.05) is 55.3 Å². The monoisotopic (exact) mass is 862 g/mol. The summed E-state index contributed by atoms with van der Waals surface area (Å²) in [6.07, 6.45) is 6.69. The molecule has 13 heteroatoms. The molecule has 332 valence electrons. The molecule has 3 aliphatic rings. The number of nitrogens with zero attached hydrogens (tertiary/aromatic N) is 4. The van der Waals surface area contributed by atoms with Gasteiger partial charge in [-0.15, -0.1) is 0 Å². The fourth-order valence-corrected chi connectivity index (χ4v) is 9.74. The fraction of sp³-hybridized carbons (Fsp3) is 0.392. The Hall–Kier alpha value is -6.31. The number of aromatic amines is 2. The van der Waals surface area contributed by atoms with Crippen LogP contribution >= 0.6 is 0 Å². The first-order valence-electron chi connectivity index (χ1n) is 22.6. The van der Waals surface area contributed by atoms with Crippen LogP contribution in [0.1, 0.15) is 100.0 Å². The molecule has 2 aliphatic heterocycles. The van der Waals surface area contributed by atoms with E-state index in [-0.39, 0.29) is 30.0 Å². The van der Waals surface area contributed by atoms with Crippen molar-refractivity contribution in [3.05, 3.63) is 120 Å². The number of carbonyl (C=O) groups is 3. The van der Waals surface area contributed by atoms with E-state index in [1.165, 1.54) is 26.5 Å². The Balaban J connectivity index is 0.895. The highest BCUT2D eigenvalue weighted by molar-refractivity contribution is 5.91. The summed E-state index contributed by atoms with van der Waals surface area (Å²) in [5.41, 5.74) is 8.27. The van der Waals surface area contributed by atoms with Gasteiger partial charge in [0.1, 0.15) is 23.3 Å². The Kier molecular flexibility index (Phi) is 11.9. The third-order valence-corrected chi connectivity index (χ3v) is 13.3. The number of aryl methyl sites for hydroxylation is 2. The second-order valence-electron chi connectivity index (χ2n) is 18.5. The molecule has 4 unspecified atom stereocenters. The van der Waals surface area contributed by atoms with Gasteiger partial charge in [-0.2, -0.15) is 0 Å². The molecule has 2 aromatic heterocycles. The summed E-state index contributed by atoms with van der Waals surface area (Å²) in [6, 6.07) is 28.7. The summed E-state index contributed by atoms with van der Waals surface area (Å²) < 4.78 is 4.81. The second kappa shape index (κ2) is 17.7. The normalized spacial score (nSPS) is 18.5. The molecule has 13 nitrogen and oxygen atoms in total. The molecule has 9 rings (SSSR count). The van der Waals surface area contributed by atoms with Gasteiger partial charge in [-0.3, -0.25) is 14.5 Å². The zero-order chi connectivity index (χ0) is 44.7. The maximum atomic E-state index is 13.8. The van der Waals surface area contributed by atoms with Crippen LogP contribution in [-0.4, -0.2) is 91.1 Å². The molecule has 6 aromatic rings. The number of ether oxygens (including phenoxy) is 1. The number of imidazole rings is 2. The van der Waals surface area contributed by atoms with Crippen LogP contribution in [0.25, 0.3) is 44.4 Å². The Morgan fingerprint density at radius 2 is 1.55 bits per heavy atom. The maximum absolute atomic E-state index is 13.8. The first-order valence-corrected chi connectivity index (χ1v) is 22.6. The van der Waals surface area contributed by atoms with Gasteiger partial charge in [-0.05, 0) is 110 Å². The summed E-state index contributed by atoms with van der Waals surface area (Å²) in [5.74, 6) is 1.11. The molecule has 5 N–H and O–H groups in total. The van der Waals surface area contributed by atoms with E-state index in [1.54, 1.807) is 0 Å². The number of alkyl carbamates (subject to hydrolysis) is 1. The number of nitrogens with one attached hydrogen (secondary N) is 4. The molecule has 0 spiro atoms. The minimum Gasteiger partial charge on any atom is -0.453 e. The summed E-state index contributed by atoms with van der Waals surface area (Å²) >= 11 is 0. The van der Waals surface area contributed by atoms with Gasteiger partial charge in [-0.1, -0.05) is 86.6 Å². The van der Waals surface area contributed by atoms with Crippen molar-refractivity contribution in [2.75, 3.05) is 26.7 Å². The van der Waals surface area contributed by atoms with Crippen molar-refractivity contribution in [3.63, 3.8) is 0 Å². The van der Waals surface area contributed by atoms with Crippen molar-refractivity contribution in [2.45, 2.75) is 96.0 Å². The lowest BCUT2D eigenvalue weighted by Crippen LogP contribution is -2.51. The van der Waals surface area contributed by atoms with Gasteiger partial charge in [0.25, 0.3) is 5.91 Å². The van der Waals surface area contributed by atoms with Crippen LogP contribution in [0.4, 0.5) is 4.79 Å². The summed E-state index contributed by atoms with van der Waals surface area (Å²) in [7, 11) is 1.31. The van der Waals surface area contributed by atoms with E-state index in [0.29, 0.717) is 13.1 Å². The van der Waals surface area contributed by atoms with Crippen molar-refractivity contribution >= 4 is 28.7 Å². The number of aromatic nitrogens is 4. The van der Waals surface area contributed by atoms with Crippen LogP contribution in [0.5, 0.6) is 0 Å². The highest BCUT2D eigenvalue weighted by Gasteiger charge is 2.39. The number of aliphatic hydroxyl groups is 1. The molecule has 2 saturated heterocycles. The largest absolute Gasteiger partial charge is 0.453 e. The van der Waals surface area contributed by atoms with Crippen LogP contribution in [0.2, 0.25) is 0 Å². The Morgan fingerprint density at radius 1 is 0.844 bits per heavy atom. The molecule has 0 saturated carbocycles. The average Bonchev–Trinajstić information content (AvgIpc) is 4.14. The first kappa shape index (κ1) is 43.0. The number of hydrogen-bond donors (Lipinski definition) is 5. The third kappa shape index (κ3) is 8.66. The van der Waals surface area contributed by atoms with E-state index in [4.69, 9.17) is 14.7 Å². The topological polar surface area (TPSA) is 169 Å². The first-order chi connectivity index (χ1) is 30.8. The SMILES string of the molecule is COC(=O)NC(C(=O)N1CCCC1c1nc2c([nH]1)CCc1cc(-c3ccc4cc(-c5cnc(C6CCCN6CC(NC(=O)C(C)(C)O)c6ccccc6)[nH]5)ccc4c3)ccc1-2)C(C)C. The zero-order valence-corrected chi connectivity index (χ0v) is 37.3. The van der Waals surface area contributed by atoms with Crippen molar-refractivity contribution in [3.8, 4) is 33.6 Å². The number of amides is 3. The number of hydrogen-bond acceptors (Lipinski definition) is 8. The highest BCUT2D eigenvalue weighted by Crippen LogP contribution is 2.40. The molecule has 0 bridgehead atoms. The fourth-order valence-electron chi connectivity index (χ4n) is 9.74. The van der Waals surface area contributed by atoms with E-state index in [2.05, 4.69) is 80.1 Å². The van der Waals surface area contributed by atoms with Gasteiger partial charge >= 0.3 is 6.09 Å². The predicted octanol–water partition coefficient (Wildman–Crippen LogP) is 8.20.